The van der Waals surface area contributed by atoms with E-state index in [0.29, 0.717) is 30.2 Å². The molecule has 1 aliphatic heterocycles. The number of ether oxygens (including phenoxy) is 2. The van der Waals surface area contributed by atoms with Crippen LogP contribution in [0.5, 0.6) is 5.75 Å². The summed E-state index contributed by atoms with van der Waals surface area (Å²) in [6.07, 6.45) is 1.20. The molecule has 0 saturated carbocycles. The average molecular weight is 433 g/mol. The van der Waals surface area contributed by atoms with Crippen molar-refractivity contribution in [2.75, 3.05) is 19.0 Å². The molecule has 1 unspecified atom stereocenters. The molecule has 7 heteroatoms. The van der Waals surface area contributed by atoms with Gasteiger partial charge in [-0.3, -0.25) is 9.59 Å². The lowest BCUT2D eigenvalue weighted by molar-refractivity contribution is -0.124. The van der Waals surface area contributed by atoms with Crippen LogP contribution in [0.15, 0.2) is 46.9 Å². The molecule has 0 bridgehead atoms. The predicted molar refractivity (Wildman–Crippen MR) is 106 cm³/mol. The first-order valence-corrected chi connectivity index (χ1v) is 9.49. The summed E-state index contributed by atoms with van der Waals surface area (Å²) in [5.41, 5.74) is 1.90. The Hall–Kier alpha value is -2.38. The number of anilines is 1. The summed E-state index contributed by atoms with van der Waals surface area (Å²) in [4.78, 5) is 24.6. The molecule has 3 rings (SSSR count). The quantitative estimate of drug-likeness (QED) is 0.731. The van der Waals surface area contributed by atoms with Gasteiger partial charge in [0.25, 0.3) is 11.8 Å². The Kier molecular flexibility index (Phi) is 6.47. The second-order valence-corrected chi connectivity index (χ2v) is 7.13. The van der Waals surface area contributed by atoms with Crippen molar-refractivity contribution in [1.29, 1.82) is 0 Å². The molecule has 2 N–H and O–H groups in total. The highest BCUT2D eigenvalue weighted by atomic mass is 79.9. The van der Waals surface area contributed by atoms with Gasteiger partial charge >= 0.3 is 0 Å². The third kappa shape index (κ3) is 5.08. The summed E-state index contributed by atoms with van der Waals surface area (Å²) in [6, 6.07) is 12.5. The molecular formula is C20H21BrN2O4. The van der Waals surface area contributed by atoms with E-state index in [4.69, 9.17) is 9.47 Å². The molecule has 0 aromatic heterocycles. The Morgan fingerprint density at radius 2 is 2.11 bits per heavy atom. The Morgan fingerprint density at radius 1 is 1.26 bits per heavy atom. The van der Waals surface area contributed by atoms with Crippen LogP contribution in [0.1, 0.15) is 28.8 Å². The number of carbonyl (C=O) groups excluding carboxylic acids is 2. The van der Waals surface area contributed by atoms with E-state index in [2.05, 4.69) is 26.6 Å². The molecule has 1 saturated heterocycles. The smallest absolute Gasteiger partial charge is 0.253 e. The van der Waals surface area contributed by atoms with Crippen molar-refractivity contribution in [2.45, 2.75) is 25.5 Å². The fourth-order valence-electron chi connectivity index (χ4n) is 2.91. The Bertz CT molecular complexity index is 834. The molecule has 6 nitrogen and oxygen atoms in total. The predicted octanol–water partition coefficient (Wildman–Crippen LogP) is 3.51. The number of carbonyl (C=O) groups is 2. The van der Waals surface area contributed by atoms with Crippen LogP contribution in [0, 0.1) is 0 Å². The van der Waals surface area contributed by atoms with Crippen molar-refractivity contribution in [3.05, 3.63) is 58.1 Å². The van der Waals surface area contributed by atoms with Gasteiger partial charge in [0.15, 0.2) is 0 Å². The monoisotopic (exact) mass is 432 g/mol. The van der Waals surface area contributed by atoms with E-state index < -0.39 is 6.10 Å². The van der Waals surface area contributed by atoms with Gasteiger partial charge in [-0.2, -0.15) is 0 Å². The fourth-order valence-corrected chi connectivity index (χ4v) is 3.32. The van der Waals surface area contributed by atoms with Crippen LogP contribution in [0.3, 0.4) is 0 Å². The molecule has 0 radical (unpaired) electrons. The van der Waals surface area contributed by atoms with Gasteiger partial charge < -0.3 is 20.1 Å². The first-order chi connectivity index (χ1) is 13.1. The first kappa shape index (κ1) is 19.4. The average Bonchev–Trinajstić information content (AvgIpc) is 3.21. The van der Waals surface area contributed by atoms with Crippen LogP contribution >= 0.6 is 15.9 Å². The highest BCUT2D eigenvalue weighted by molar-refractivity contribution is 9.10. The highest BCUT2D eigenvalue weighted by Crippen LogP contribution is 2.23. The van der Waals surface area contributed by atoms with E-state index in [0.717, 1.165) is 22.9 Å². The van der Waals surface area contributed by atoms with Crippen LogP contribution in [0.4, 0.5) is 5.69 Å². The molecule has 2 aromatic rings. The highest BCUT2D eigenvalue weighted by Gasteiger charge is 2.23. The minimum absolute atomic E-state index is 0.177. The maximum atomic E-state index is 12.5. The number of methoxy groups -OCH3 is 1. The van der Waals surface area contributed by atoms with Crippen LogP contribution in [-0.2, 0) is 16.1 Å². The topological polar surface area (TPSA) is 76.7 Å². The lowest BCUT2D eigenvalue weighted by Gasteiger charge is -2.12. The van der Waals surface area contributed by atoms with Crippen molar-refractivity contribution in [3.63, 3.8) is 0 Å². The summed E-state index contributed by atoms with van der Waals surface area (Å²) in [7, 11) is 1.59. The molecular weight excluding hydrogens is 412 g/mol. The van der Waals surface area contributed by atoms with Gasteiger partial charge in [0.2, 0.25) is 0 Å². The standard InChI is InChI=1S/C20H21BrN2O4/c1-26-17-8-7-15(21)10-14(17)12-22-19(24)13-4-2-5-16(11-13)23-20(25)18-6-3-9-27-18/h2,4-5,7-8,10-11,18H,3,6,9,12H2,1H3,(H,22,24)(H,23,25). The number of benzene rings is 2. The molecule has 1 aliphatic rings. The van der Waals surface area contributed by atoms with E-state index in [9.17, 15) is 9.59 Å². The summed E-state index contributed by atoms with van der Waals surface area (Å²) in [6.45, 7) is 0.938. The van der Waals surface area contributed by atoms with Gasteiger partial charge in [0.05, 0.1) is 7.11 Å². The van der Waals surface area contributed by atoms with E-state index in [1.807, 2.05) is 18.2 Å². The molecule has 1 atom stereocenters. The molecule has 142 valence electrons. The molecule has 27 heavy (non-hydrogen) atoms. The lowest BCUT2D eigenvalue weighted by Crippen LogP contribution is -2.27. The van der Waals surface area contributed by atoms with E-state index >= 15 is 0 Å². The third-order valence-electron chi connectivity index (χ3n) is 4.30. The molecule has 1 fully saturated rings. The van der Waals surface area contributed by atoms with Crippen LogP contribution in [0.2, 0.25) is 0 Å². The number of hydrogen-bond donors (Lipinski definition) is 2. The van der Waals surface area contributed by atoms with Crippen molar-refractivity contribution in [1.82, 2.24) is 5.32 Å². The minimum atomic E-state index is -0.411. The van der Waals surface area contributed by atoms with Crippen LogP contribution in [0.25, 0.3) is 0 Å². The van der Waals surface area contributed by atoms with Crippen molar-refractivity contribution in [3.8, 4) is 5.75 Å². The summed E-state index contributed by atoms with van der Waals surface area (Å²) < 4.78 is 11.6. The van der Waals surface area contributed by atoms with Crippen LogP contribution in [-0.4, -0.2) is 31.6 Å². The molecule has 2 aromatic carbocycles. The van der Waals surface area contributed by atoms with E-state index in [-0.39, 0.29) is 11.8 Å². The van der Waals surface area contributed by atoms with Gasteiger partial charge in [0, 0.05) is 34.4 Å². The van der Waals surface area contributed by atoms with Crippen molar-refractivity contribution < 1.29 is 19.1 Å². The molecule has 0 aliphatic carbocycles. The maximum absolute atomic E-state index is 12.5. The number of hydrogen-bond acceptors (Lipinski definition) is 4. The van der Waals surface area contributed by atoms with Gasteiger partial charge in [-0.1, -0.05) is 22.0 Å². The Morgan fingerprint density at radius 3 is 2.85 bits per heavy atom. The number of rotatable bonds is 6. The molecule has 0 spiro atoms. The van der Waals surface area contributed by atoms with Gasteiger partial charge in [-0.05, 0) is 49.2 Å². The normalized spacial score (nSPS) is 16.0. The number of nitrogens with one attached hydrogen (secondary N) is 2. The fraction of sp³-hybridized carbons (Fsp3) is 0.300. The molecule has 1 heterocycles. The SMILES string of the molecule is COc1ccc(Br)cc1CNC(=O)c1cccc(NC(=O)C2CCCO2)c1. The summed E-state index contributed by atoms with van der Waals surface area (Å²) in [5.74, 6) is 0.297. The van der Waals surface area contributed by atoms with Gasteiger partial charge in [0.1, 0.15) is 11.9 Å². The zero-order valence-electron chi connectivity index (χ0n) is 15.0. The Labute approximate surface area is 166 Å². The number of halogens is 1. The molecule has 2 amide bonds. The summed E-state index contributed by atoms with van der Waals surface area (Å²) in [5, 5.41) is 5.68. The maximum Gasteiger partial charge on any atom is 0.253 e. The third-order valence-corrected chi connectivity index (χ3v) is 4.79. The van der Waals surface area contributed by atoms with Crippen molar-refractivity contribution in [2.24, 2.45) is 0 Å². The largest absolute Gasteiger partial charge is 0.496 e. The number of amides is 2. The van der Waals surface area contributed by atoms with Crippen LogP contribution < -0.4 is 15.4 Å². The van der Waals surface area contributed by atoms with E-state index in [1.54, 1.807) is 31.4 Å². The first-order valence-electron chi connectivity index (χ1n) is 8.70. The zero-order valence-corrected chi connectivity index (χ0v) is 16.5. The second kappa shape index (κ2) is 9.01. The zero-order chi connectivity index (χ0) is 19.2. The Balaban J connectivity index is 1.63. The second-order valence-electron chi connectivity index (χ2n) is 6.21. The summed E-state index contributed by atoms with van der Waals surface area (Å²) >= 11 is 3.42. The van der Waals surface area contributed by atoms with Gasteiger partial charge in [-0.15, -0.1) is 0 Å². The lowest BCUT2D eigenvalue weighted by atomic mass is 10.1. The minimum Gasteiger partial charge on any atom is -0.496 e. The van der Waals surface area contributed by atoms with Crippen molar-refractivity contribution >= 4 is 33.4 Å². The van der Waals surface area contributed by atoms with Gasteiger partial charge in [-0.25, -0.2) is 0 Å². The van der Waals surface area contributed by atoms with E-state index in [1.165, 1.54) is 0 Å².